The fourth-order valence-corrected chi connectivity index (χ4v) is 2.05. The number of hydrogen-bond donors (Lipinski definition) is 2. The monoisotopic (exact) mass is 278 g/mol. The molecule has 2 aromatic heterocycles. The molecule has 5 heteroatoms. The predicted molar refractivity (Wildman–Crippen MR) is 82.3 cm³/mol. The molecule has 0 unspecified atom stereocenters. The quantitative estimate of drug-likeness (QED) is 0.571. The number of aromatic nitrogens is 2. The highest BCUT2D eigenvalue weighted by Crippen LogP contribution is 2.16. The van der Waals surface area contributed by atoms with Crippen molar-refractivity contribution in [3.8, 4) is 0 Å². The lowest BCUT2D eigenvalue weighted by Gasteiger charge is -1.95. The van der Waals surface area contributed by atoms with Gasteiger partial charge in [-0.25, -0.2) is 5.43 Å². The highest BCUT2D eigenvalue weighted by molar-refractivity contribution is 5.98. The van der Waals surface area contributed by atoms with Crippen LogP contribution in [0.1, 0.15) is 21.6 Å². The Morgan fingerprint density at radius 2 is 2.24 bits per heavy atom. The molecule has 3 aromatic rings. The standard InChI is InChI=1S/C16H14N4O/c1-11-4-5-14-13(7-11)8-15(19-14)16(21)20-18-10-12-3-2-6-17-9-12/h2-10,19H,1H3,(H,20,21)/b18-10+. The van der Waals surface area contributed by atoms with Crippen LogP contribution in [0.25, 0.3) is 10.9 Å². The van der Waals surface area contributed by atoms with Crippen molar-refractivity contribution >= 4 is 23.0 Å². The number of carbonyl (C=O) groups excluding carboxylic acids is 1. The number of hydrogen-bond acceptors (Lipinski definition) is 3. The van der Waals surface area contributed by atoms with Gasteiger partial charge in [0.1, 0.15) is 5.69 Å². The summed E-state index contributed by atoms with van der Waals surface area (Å²) in [5, 5.41) is 4.93. The Morgan fingerprint density at radius 3 is 3.05 bits per heavy atom. The Balaban J connectivity index is 1.73. The highest BCUT2D eigenvalue weighted by atomic mass is 16.2. The van der Waals surface area contributed by atoms with E-state index in [9.17, 15) is 4.79 Å². The van der Waals surface area contributed by atoms with Crippen LogP contribution < -0.4 is 5.43 Å². The van der Waals surface area contributed by atoms with Crippen LogP contribution in [-0.4, -0.2) is 22.1 Å². The number of nitrogens with one attached hydrogen (secondary N) is 2. The van der Waals surface area contributed by atoms with Crippen LogP contribution in [0.15, 0.2) is 53.9 Å². The molecule has 0 saturated heterocycles. The minimum atomic E-state index is -0.274. The number of aromatic amines is 1. The maximum Gasteiger partial charge on any atom is 0.287 e. The van der Waals surface area contributed by atoms with Gasteiger partial charge in [-0.3, -0.25) is 9.78 Å². The summed E-state index contributed by atoms with van der Waals surface area (Å²) in [6, 6.07) is 11.5. The zero-order valence-corrected chi connectivity index (χ0v) is 11.5. The summed E-state index contributed by atoms with van der Waals surface area (Å²) in [4.78, 5) is 19.1. The first-order valence-electron chi connectivity index (χ1n) is 6.55. The van der Waals surface area contributed by atoms with Gasteiger partial charge >= 0.3 is 0 Å². The minimum Gasteiger partial charge on any atom is -0.350 e. The van der Waals surface area contributed by atoms with Gasteiger partial charge in [-0.15, -0.1) is 0 Å². The Hall–Kier alpha value is -2.95. The maximum absolute atomic E-state index is 12.0. The smallest absolute Gasteiger partial charge is 0.287 e. The van der Waals surface area contributed by atoms with Crippen LogP contribution in [0.2, 0.25) is 0 Å². The van der Waals surface area contributed by atoms with Crippen LogP contribution in [-0.2, 0) is 0 Å². The van der Waals surface area contributed by atoms with Crippen molar-refractivity contribution in [1.29, 1.82) is 0 Å². The molecule has 0 radical (unpaired) electrons. The highest BCUT2D eigenvalue weighted by Gasteiger charge is 2.08. The fourth-order valence-electron chi connectivity index (χ4n) is 2.05. The molecule has 0 spiro atoms. The molecular weight excluding hydrogens is 264 g/mol. The Morgan fingerprint density at radius 1 is 1.33 bits per heavy atom. The Bertz CT molecular complexity index is 806. The van der Waals surface area contributed by atoms with Gasteiger partial charge in [-0.2, -0.15) is 5.10 Å². The molecule has 21 heavy (non-hydrogen) atoms. The molecule has 2 heterocycles. The van der Waals surface area contributed by atoms with Crippen molar-refractivity contribution in [2.75, 3.05) is 0 Å². The maximum atomic E-state index is 12.0. The number of aryl methyl sites for hydroxylation is 1. The van der Waals surface area contributed by atoms with E-state index in [0.29, 0.717) is 5.69 Å². The van der Waals surface area contributed by atoms with Crippen LogP contribution in [0, 0.1) is 6.92 Å². The SMILES string of the molecule is Cc1ccc2[nH]c(C(=O)N/N=C/c3cccnc3)cc2c1. The van der Waals surface area contributed by atoms with Gasteiger partial charge in [0.2, 0.25) is 0 Å². The summed E-state index contributed by atoms with van der Waals surface area (Å²) in [7, 11) is 0. The third-order valence-corrected chi connectivity index (χ3v) is 3.09. The number of hydrazone groups is 1. The number of H-pyrrole nitrogens is 1. The molecule has 104 valence electrons. The lowest BCUT2D eigenvalue weighted by Crippen LogP contribution is -2.17. The van der Waals surface area contributed by atoms with Crippen molar-refractivity contribution in [2.24, 2.45) is 5.10 Å². The van der Waals surface area contributed by atoms with Gasteiger partial charge in [-0.1, -0.05) is 17.7 Å². The van der Waals surface area contributed by atoms with E-state index in [-0.39, 0.29) is 5.91 Å². The average Bonchev–Trinajstić information content (AvgIpc) is 2.91. The molecule has 1 aromatic carbocycles. The van der Waals surface area contributed by atoms with E-state index in [1.165, 1.54) is 0 Å². The molecule has 0 aliphatic heterocycles. The molecule has 0 fully saturated rings. The fraction of sp³-hybridized carbons (Fsp3) is 0.0625. The minimum absolute atomic E-state index is 0.274. The molecule has 3 rings (SSSR count). The number of rotatable bonds is 3. The largest absolute Gasteiger partial charge is 0.350 e. The van der Waals surface area contributed by atoms with Crippen LogP contribution in [0.4, 0.5) is 0 Å². The summed E-state index contributed by atoms with van der Waals surface area (Å²) >= 11 is 0. The lowest BCUT2D eigenvalue weighted by molar-refractivity contribution is 0.0951. The number of nitrogens with zero attached hydrogens (tertiary/aromatic N) is 2. The van der Waals surface area contributed by atoms with Gasteiger partial charge in [0.15, 0.2) is 0 Å². The van der Waals surface area contributed by atoms with E-state index >= 15 is 0 Å². The predicted octanol–water partition coefficient (Wildman–Crippen LogP) is 2.64. The summed E-state index contributed by atoms with van der Waals surface area (Å²) in [6.07, 6.45) is 4.90. The molecule has 0 aliphatic rings. The summed E-state index contributed by atoms with van der Waals surface area (Å²) in [5.41, 5.74) is 5.89. The van der Waals surface area contributed by atoms with E-state index in [1.54, 1.807) is 18.6 Å². The van der Waals surface area contributed by atoms with Crippen molar-refractivity contribution in [2.45, 2.75) is 6.92 Å². The molecular formula is C16H14N4O. The number of carbonyl (C=O) groups is 1. The first kappa shape index (κ1) is 13.1. The van der Waals surface area contributed by atoms with Gasteiger partial charge < -0.3 is 4.98 Å². The van der Waals surface area contributed by atoms with E-state index in [2.05, 4.69) is 20.5 Å². The average molecular weight is 278 g/mol. The molecule has 0 aliphatic carbocycles. The van der Waals surface area contributed by atoms with E-state index in [0.717, 1.165) is 22.0 Å². The van der Waals surface area contributed by atoms with Gasteiger partial charge in [0, 0.05) is 28.9 Å². The van der Waals surface area contributed by atoms with Crippen molar-refractivity contribution in [1.82, 2.24) is 15.4 Å². The third kappa shape index (κ3) is 2.97. The van der Waals surface area contributed by atoms with E-state index in [1.807, 2.05) is 43.3 Å². The first-order valence-corrected chi connectivity index (χ1v) is 6.55. The van der Waals surface area contributed by atoms with Crippen LogP contribution in [0.5, 0.6) is 0 Å². The Kier molecular flexibility index (Phi) is 3.47. The second kappa shape index (κ2) is 5.58. The first-order chi connectivity index (χ1) is 10.2. The number of pyridine rings is 1. The summed E-state index contributed by atoms with van der Waals surface area (Å²) in [6.45, 7) is 2.02. The normalized spacial score (nSPS) is 11.1. The third-order valence-electron chi connectivity index (χ3n) is 3.09. The zero-order valence-electron chi connectivity index (χ0n) is 11.5. The van der Waals surface area contributed by atoms with Crippen LogP contribution >= 0.6 is 0 Å². The summed E-state index contributed by atoms with van der Waals surface area (Å²) in [5.74, 6) is -0.274. The number of benzene rings is 1. The molecule has 2 N–H and O–H groups in total. The second-order valence-corrected chi connectivity index (χ2v) is 4.76. The topological polar surface area (TPSA) is 70.1 Å². The second-order valence-electron chi connectivity index (χ2n) is 4.76. The molecule has 0 atom stereocenters. The van der Waals surface area contributed by atoms with Gasteiger partial charge in [0.05, 0.1) is 6.21 Å². The van der Waals surface area contributed by atoms with E-state index < -0.39 is 0 Å². The number of fused-ring (bicyclic) bond motifs is 1. The molecule has 0 saturated carbocycles. The molecule has 5 nitrogen and oxygen atoms in total. The van der Waals surface area contributed by atoms with Crippen molar-refractivity contribution in [3.63, 3.8) is 0 Å². The van der Waals surface area contributed by atoms with Gasteiger partial charge in [-0.05, 0) is 31.2 Å². The summed E-state index contributed by atoms with van der Waals surface area (Å²) < 4.78 is 0. The van der Waals surface area contributed by atoms with Gasteiger partial charge in [0.25, 0.3) is 5.91 Å². The Labute approximate surface area is 121 Å². The van der Waals surface area contributed by atoms with E-state index in [4.69, 9.17) is 0 Å². The van der Waals surface area contributed by atoms with Crippen molar-refractivity contribution in [3.05, 3.63) is 65.6 Å². The molecule has 0 bridgehead atoms. The zero-order chi connectivity index (χ0) is 14.7. The number of amides is 1. The molecule has 1 amide bonds. The van der Waals surface area contributed by atoms with Crippen LogP contribution in [0.3, 0.4) is 0 Å². The lowest BCUT2D eigenvalue weighted by atomic mass is 10.2. The van der Waals surface area contributed by atoms with Crippen molar-refractivity contribution < 1.29 is 4.79 Å².